The van der Waals surface area contributed by atoms with Crippen molar-refractivity contribution in [1.82, 2.24) is 0 Å². The van der Waals surface area contributed by atoms with Gasteiger partial charge in [0.05, 0.1) is 6.61 Å². The first-order chi connectivity index (χ1) is 12.0. The van der Waals surface area contributed by atoms with Gasteiger partial charge in [-0.1, -0.05) is 29.8 Å². The zero-order chi connectivity index (χ0) is 17.8. The van der Waals surface area contributed by atoms with E-state index in [-0.39, 0.29) is 20.0 Å². The molecular formula is C19H19ClO5. The molecule has 2 aromatic carbocycles. The van der Waals surface area contributed by atoms with Gasteiger partial charge in [-0.05, 0) is 37.1 Å². The molecule has 0 radical (unpaired) electrons. The number of halogens is 1. The summed E-state index contributed by atoms with van der Waals surface area (Å²) in [7, 11) is 0. The molecule has 0 saturated heterocycles. The summed E-state index contributed by atoms with van der Waals surface area (Å²) < 4.78 is 21.6. The van der Waals surface area contributed by atoms with Crippen LogP contribution in [0, 0.1) is 13.8 Å². The summed E-state index contributed by atoms with van der Waals surface area (Å²) in [5.41, 5.74) is 3.51. The highest BCUT2D eigenvalue weighted by Gasteiger charge is 2.18. The molecule has 0 fully saturated rings. The third-order valence-corrected chi connectivity index (χ3v) is 4.10. The Morgan fingerprint density at radius 3 is 2.76 bits per heavy atom. The summed E-state index contributed by atoms with van der Waals surface area (Å²) in [6, 6.07) is 9.33. The van der Waals surface area contributed by atoms with Crippen LogP contribution in [0.2, 0.25) is 5.02 Å². The Morgan fingerprint density at radius 2 is 2.00 bits per heavy atom. The highest BCUT2D eigenvalue weighted by molar-refractivity contribution is 6.30. The molecule has 0 aliphatic carbocycles. The van der Waals surface area contributed by atoms with Gasteiger partial charge in [-0.2, -0.15) is 0 Å². The summed E-state index contributed by atoms with van der Waals surface area (Å²) >= 11 is 6.10. The first-order valence-corrected chi connectivity index (χ1v) is 8.29. The minimum absolute atomic E-state index is 0.0673. The average Bonchev–Trinajstić information content (AvgIpc) is 2.59. The van der Waals surface area contributed by atoms with Crippen LogP contribution < -0.4 is 9.47 Å². The van der Waals surface area contributed by atoms with E-state index < -0.39 is 5.97 Å². The van der Waals surface area contributed by atoms with Gasteiger partial charge in [-0.3, -0.25) is 0 Å². The number of esters is 1. The molecule has 5 nitrogen and oxygen atoms in total. The fraction of sp³-hybridized carbons (Fsp3) is 0.316. The first-order valence-electron chi connectivity index (χ1n) is 7.91. The van der Waals surface area contributed by atoms with Crippen molar-refractivity contribution in [3.05, 3.63) is 57.6 Å². The molecule has 3 rings (SSSR count). The average molecular weight is 363 g/mol. The van der Waals surface area contributed by atoms with Crippen molar-refractivity contribution in [2.24, 2.45) is 0 Å². The molecule has 0 aromatic heterocycles. The standard InChI is InChI=1S/C19H19ClO5/c1-12-4-3-5-13(2)18(12)24-10-17(21)23-9-15-7-16(20)6-14-8-22-11-25-19(14)15/h3-7H,8-11H2,1-2H3. The molecule has 6 heteroatoms. The maximum Gasteiger partial charge on any atom is 0.344 e. The highest BCUT2D eigenvalue weighted by atomic mass is 35.5. The van der Waals surface area contributed by atoms with E-state index in [0.717, 1.165) is 16.7 Å². The minimum Gasteiger partial charge on any atom is -0.481 e. The Morgan fingerprint density at radius 1 is 1.24 bits per heavy atom. The van der Waals surface area contributed by atoms with Gasteiger partial charge in [0.1, 0.15) is 18.1 Å². The molecule has 132 valence electrons. The fourth-order valence-corrected chi connectivity index (χ4v) is 2.99. The number of ether oxygens (including phenoxy) is 4. The van der Waals surface area contributed by atoms with Crippen LogP contribution in [0.1, 0.15) is 22.3 Å². The molecular weight excluding hydrogens is 344 g/mol. The predicted molar refractivity (Wildman–Crippen MR) is 92.9 cm³/mol. The number of carbonyl (C=O) groups is 1. The van der Waals surface area contributed by atoms with Crippen molar-refractivity contribution in [3.63, 3.8) is 0 Å². The maximum absolute atomic E-state index is 12.0. The monoisotopic (exact) mass is 362 g/mol. The van der Waals surface area contributed by atoms with Crippen molar-refractivity contribution in [2.75, 3.05) is 13.4 Å². The van der Waals surface area contributed by atoms with Gasteiger partial charge in [0.15, 0.2) is 13.4 Å². The zero-order valence-corrected chi connectivity index (χ0v) is 14.9. The van der Waals surface area contributed by atoms with Crippen molar-refractivity contribution in [2.45, 2.75) is 27.1 Å². The topological polar surface area (TPSA) is 54.0 Å². The lowest BCUT2D eigenvalue weighted by atomic mass is 10.1. The largest absolute Gasteiger partial charge is 0.481 e. The Labute approximate surface area is 151 Å². The van der Waals surface area contributed by atoms with Crippen molar-refractivity contribution in [1.29, 1.82) is 0 Å². The van der Waals surface area contributed by atoms with Gasteiger partial charge in [-0.15, -0.1) is 0 Å². The van der Waals surface area contributed by atoms with Gasteiger partial charge in [0, 0.05) is 16.1 Å². The maximum atomic E-state index is 12.0. The molecule has 0 N–H and O–H groups in total. The summed E-state index contributed by atoms with van der Waals surface area (Å²) in [5.74, 6) is 0.919. The van der Waals surface area contributed by atoms with E-state index in [1.807, 2.05) is 32.0 Å². The molecule has 2 aromatic rings. The summed E-state index contributed by atoms with van der Waals surface area (Å²) in [6.45, 7) is 4.38. The Balaban J connectivity index is 1.60. The number of hydrogen-bond acceptors (Lipinski definition) is 5. The summed E-state index contributed by atoms with van der Waals surface area (Å²) in [6.07, 6.45) is 0. The Hall–Kier alpha value is -2.24. The molecule has 1 heterocycles. The third kappa shape index (κ3) is 4.24. The second-order valence-corrected chi connectivity index (χ2v) is 6.27. The van der Waals surface area contributed by atoms with Gasteiger partial charge in [0.25, 0.3) is 0 Å². The van der Waals surface area contributed by atoms with Crippen LogP contribution in [-0.2, 0) is 27.5 Å². The van der Waals surface area contributed by atoms with Gasteiger partial charge < -0.3 is 18.9 Å². The van der Waals surface area contributed by atoms with Crippen molar-refractivity contribution >= 4 is 17.6 Å². The van der Waals surface area contributed by atoms with Crippen LogP contribution in [0.15, 0.2) is 30.3 Å². The molecule has 25 heavy (non-hydrogen) atoms. The van der Waals surface area contributed by atoms with Crippen molar-refractivity contribution < 1.29 is 23.7 Å². The van der Waals surface area contributed by atoms with Crippen LogP contribution in [0.5, 0.6) is 11.5 Å². The quantitative estimate of drug-likeness (QED) is 0.754. The number of hydrogen-bond donors (Lipinski definition) is 0. The van der Waals surface area contributed by atoms with Crippen LogP contribution in [-0.4, -0.2) is 19.4 Å². The van der Waals surface area contributed by atoms with E-state index in [2.05, 4.69) is 0 Å². The summed E-state index contributed by atoms with van der Waals surface area (Å²) in [4.78, 5) is 12.0. The lowest BCUT2D eigenvalue weighted by Gasteiger charge is -2.21. The van der Waals surface area contributed by atoms with Gasteiger partial charge >= 0.3 is 5.97 Å². The van der Waals surface area contributed by atoms with E-state index >= 15 is 0 Å². The van der Waals surface area contributed by atoms with Crippen LogP contribution in [0.25, 0.3) is 0 Å². The highest BCUT2D eigenvalue weighted by Crippen LogP contribution is 2.32. The SMILES string of the molecule is Cc1cccc(C)c1OCC(=O)OCc1cc(Cl)cc2c1OCOC2. The number of aryl methyl sites for hydroxylation is 2. The Kier molecular flexibility index (Phi) is 5.46. The number of rotatable bonds is 5. The van der Waals surface area contributed by atoms with Crippen LogP contribution in [0.3, 0.4) is 0 Å². The minimum atomic E-state index is -0.455. The van der Waals surface area contributed by atoms with E-state index in [1.165, 1.54) is 0 Å². The molecule has 0 atom stereocenters. The number of para-hydroxylation sites is 1. The van der Waals surface area contributed by atoms with E-state index in [1.54, 1.807) is 12.1 Å². The molecule has 0 saturated carbocycles. The van der Waals surface area contributed by atoms with E-state index in [9.17, 15) is 4.79 Å². The molecule has 1 aliphatic rings. The molecule has 0 amide bonds. The number of fused-ring (bicyclic) bond motifs is 1. The smallest absolute Gasteiger partial charge is 0.344 e. The van der Waals surface area contributed by atoms with Gasteiger partial charge in [0.2, 0.25) is 0 Å². The predicted octanol–water partition coefficient (Wildman–Crippen LogP) is 3.95. The fourth-order valence-electron chi connectivity index (χ4n) is 2.72. The first kappa shape index (κ1) is 17.6. The van der Waals surface area contributed by atoms with Crippen LogP contribution >= 0.6 is 11.6 Å². The summed E-state index contributed by atoms with van der Waals surface area (Å²) in [5, 5.41) is 0.547. The normalized spacial score (nSPS) is 12.9. The molecule has 0 unspecified atom stereocenters. The molecule has 0 spiro atoms. The lowest BCUT2D eigenvalue weighted by Crippen LogP contribution is -2.17. The van der Waals surface area contributed by atoms with E-state index in [4.69, 9.17) is 30.5 Å². The van der Waals surface area contributed by atoms with Crippen LogP contribution in [0.4, 0.5) is 0 Å². The second-order valence-electron chi connectivity index (χ2n) is 5.83. The number of carbonyl (C=O) groups excluding carboxylic acids is 1. The number of benzene rings is 2. The van der Waals surface area contributed by atoms with Crippen molar-refractivity contribution in [3.8, 4) is 11.5 Å². The van der Waals surface area contributed by atoms with E-state index in [0.29, 0.717) is 28.7 Å². The lowest BCUT2D eigenvalue weighted by molar-refractivity contribution is -0.147. The second kappa shape index (κ2) is 7.76. The zero-order valence-electron chi connectivity index (χ0n) is 14.1. The third-order valence-electron chi connectivity index (χ3n) is 3.88. The molecule has 0 bridgehead atoms. The van der Waals surface area contributed by atoms with Gasteiger partial charge in [-0.25, -0.2) is 4.79 Å². The molecule has 1 aliphatic heterocycles. The Bertz CT molecular complexity index is 767.